The summed E-state index contributed by atoms with van der Waals surface area (Å²) in [7, 11) is 0. The minimum Gasteiger partial charge on any atom is -0.473 e. The Labute approximate surface area is 161 Å². The number of rotatable bonds is 4. The van der Waals surface area contributed by atoms with Crippen LogP contribution in [0.1, 0.15) is 42.5 Å². The van der Waals surface area contributed by atoms with Gasteiger partial charge in [0.15, 0.2) is 0 Å². The van der Waals surface area contributed by atoms with Crippen LogP contribution in [0.3, 0.4) is 0 Å². The molecule has 1 saturated carbocycles. The third-order valence-electron chi connectivity index (χ3n) is 5.11. The summed E-state index contributed by atoms with van der Waals surface area (Å²) < 4.78 is 5.92. The van der Waals surface area contributed by atoms with Crippen LogP contribution >= 0.6 is 11.3 Å². The van der Waals surface area contributed by atoms with E-state index in [1.165, 1.54) is 35.3 Å². The summed E-state index contributed by atoms with van der Waals surface area (Å²) in [5, 5.41) is 9.36. The van der Waals surface area contributed by atoms with Crippen molar-refractivity contribution in [3.8, 4) is 16.5 Å². The highest BCUT2D eigenvalue weighted by Gasteiger charge is 2.20. The van der Waals surface area contributed by atoms with Gasteiger partial charge >= 0.3 is 0 Å². The second-order valence-electron chi connectivity index (χ2n) is 6.90. The van der Waals surface area contributed by atoms with Gasteiger partial charge in [-0.2, -0.15) is 0 Å². The molecule has 2 aliphatic carbocycles. The number of allylic oxidation sites excluding steroid dienone is 1. The lowest BCUT2D eigenvalue weighted by atomic mass is 10.0. The largest absolute Gasteiger partial charge is 0.473 e. The molecule has 5 rings (SSSR count). The summed E-state index contributed by atoms with van der Waals surface area (Å²) in [5.41, 5.74) is 11.1. The van der Waals surface area contributed by atoms with Crippen molar-refractivity contribution in [1.82, 2.24) is 20.2 Å². The van der Waals surface area contributed by atoms with E-state index in [-0.39, 0.29) is 0 Å². The van der Waals surface area contributed by atoms with Crippen LogP contribution in [0, 0.1) is 0 Å². The molecule has 2 aromatic heterocycles. The number of nitrogen functional groups attached to an aromatic ring is 1. The van der Waals surface area contributed by atoms with Crippen LogP contribution in [0.2, 0.25) is 0 Å². The quantitative estimate of drug-likeness (QED) is 0.742. The van der Waals surface area contributed by atoms with Crippen molar-refractivity contribution in [3.05, 3.63) is 53.5 Å². The van der Waals surface area contributed by atoms with Gasteiger partial charge in [-0.05, 0) is 49.3 Å². The predicted octanol–water partition coefficient (Wildman–Crippen LogP) is 3.89. The Morgan fingerprint density at radius 2 is 1.96 bits per heavy atom. The smallest absolute Gasteiger partial charge is 0.232 e. The number of anilines is 1. The van der Waals surface area contributed by atoms with Crippen molar-refractivity contribution in [2.75, 3.05) is 5.73 Å². The molecule has 2 N–H and O–H groups in total. The van der Waals surface area contributed by atoms with E-state index in [2.05, 4.69) is 44.4 Å². The van der Waals surface area contributed by atoms with E-state index in [1.807, 2.05) is 0 Å². The molecule has 27 heavy (non-hydrogen) atoms. The van der Waals surface area contributed by atoms with Crippen LogP contribution in [0.4, 0.5) is 5.13 Å². The van der Waals surface area contributed by atoms with Crippen molar-refractivity contribution in [2.24, 2.45) is 0 Å². The number of aromatic nitrogens is 4. The topological polar surface area (TPSA) is 86.8 Å². The lowest BCUT2D eigenvalue weighted by Crippen LogP contribution is -2.12. The van der Waals surface area contributed by atoms with Gasteiger partial charge in [0.1, 0.15) is 11.1 Å². The zero-order valence-electron chi connectivity index (χ0n) is 14.8. The molecule has 0 aliphatic heterocycles. The van der Waals surface area contributed by atoms with Gasteiger partial charge in [-0.15, -0.1) is 10.2 Å². The second kappa shape index (κ2) is 6.74. The third-order valence-corrected chi connectivity index (χ3v) is 5.91. The zero-order chi connectivity index (χ0) is 18.2. The van der Waals surface area contributed by atoms with Gasteiger partial charge in [-0.25, -0.2) is 9.97 Å². The molecule has 0 radical (unpaired) electrons. The first-order valence-electron chi connectivity index (χ1n) is 9.18. The number of nitrogens with two attached hydrogens (primary N) is 1. The van der Waals surface area contributed by atoms with E-state index in [9.17, 15) is 0 Å². The average Bonchev–Trinajstić information content (AvgIpc) is 3.43. The van der Waals surface area contributed by atoms with Crippen LogP contribution in [0.15, 0.2) is 36.7 Å². The van der Waals surface area contributed by atoms with Gasteiger partial charge in [0.25, 0.3) is 0 Å². The lowest BCUT2D eigenvalue weighted by Gasteiger charge is -2.12. The summed E-state index contributed by atoms with van der Waals surface area (Å²) in [6.07, 6.45) is 11.6. The van der Waals surface area contributed by atoms with Gasteiger partial charge < -0.3 is 10.5 Å². The summed E-state index contributed by atoms with van der Waals surface area (Å²) >= 11 is 1.39. The summed E-state index contributed by atoms with van der Waals surface area (Å²) in [6, 6.07) is 6.34. The van der Waals surface area contributed by atoms with Crippen molar-refractivity contribution in [3.63, 3.8) is 0 Å². The summed E-state index contributed by atoms with van der Waals surface area (Å²) in [5.74, 6) is 0.613. The molecule has 1 aromatic carbocycles. The normalized spacial score (nSPS) is 16.4. The Kier molecular flexibility index (Phi) is 4.09. The Hall–Kier alpha value is -2.80. The molecule has 0 spiro atoms. The number of hydrogen-bond donors (Lipinski definition) is 1. The summed E-state index contributed by atoms with van der Waals surface area (Å²) in [6.45, 7) is 0. The van der Waals surface area contributed by atoms with Gasteiger partial charge in [0.05, 0.1) is 18.1 Å². The average molecular weight is 377 g/mol. The van der Waals surface area contributed by atoms with Gasteiger partial charge in [0, 0.05) is 11.1 Å². The number of nitrogens with zero attached hydrogens (tertiary/aromatic N) is 4. The van der Waals surface area contributed by atoms with Crippen molar-refractivity contribution in [2.45, 2.75) is 38.2 Å². The Morgan fingerprint density at radius 1 is 1.07 bits per heavy atom. The maximum absolute atomic E-state index is 5.92. The molecule has 0 bridgehead atoms. The van der Waals surface area contributed by atoms with Crippen LogP contribution in [0.5, 0.6) is 5.88 Å². The molecular weight excluding hydrogens is 358 g/mol. The fourth-order valence-corrected chi connectivity index (χ4v) is 4.35. The van der Waals surface area contributed by atoms with Crippen molar-refractivity contribution < 1.29 is 4.74 Å². The molecule has 1 fully saturated rings. The number of benzene rings is 1. The number of fused-ring (bicyclic) bond motifs is 1. The van der Waals surface area contributed by atoms with Gasteiger partial charge in [-0.1, -0.05) is 29.5 Å². The predicted molar refractivity (Wildman–Crippen MR) is 105 cm³/mol. The van der Waals surface area contributed by atoms with Crippen LogP contribution in [-0.2, 0) is 6.42 Å². The molecular formula is C20H19N5OS. The highest BCUT2D eigenvalue weighted by molar-refractivity contribution is 7.18. The minimum atomic E-state index is 0.290. The van der Waals surface area contributed by atoms with E-state index >= 15 is 0 Å². The SMILES string of the molecule is Nc1nnc(-c2ccc3c(c2)C(c2cnc(OC4CCCC4)cn2)=CC3)s1. The molecule has 7 heteroatoms. The van der Waals surface area contributed by atoms with Gasteiger partial charge in [-0.3, -0.25) is 0 Å². The molecule has 2 heterocycles. The Balaban J connectivity index is 1.41. The molecule has 6 nitrogen and oxygen atoms in total. The molecule has 2 aliphatic rings. The van der Waals surface area contributed by atoms with E-state index in [4.69, 9.17) is 10.5 Å². The first-order valence-corrected chi connectivity index (χ1v) is 10.00. The maximum atomic E-state index is 5.92. The van der Waals surface area contributed by atoms with Crippen molar-refractivity contribution >= 4 is 22.0 Å². The molecule has 3 aromatic rings. The van der Waals surface area contributed by atoms with Crippen molar-refractivity contribution in [1.29, 1.82) is 0 Å². The number of ether oxygens (including phenoxy) is 1. The Morgan fingerprint density at radius 3 is 2.70 bits per heavy atom. The molecule has 0 atom stereocenters. The first kappa shape index (κ1) is 16.4. The standard InChI is InChI=1S/C20H19N5OS/c21-20-25-24-19(27-20)13-6-5-12-7-8-15(16(12)9-13)17-10-23-18(11-22-17)26-14-3-1-2-4-14/h5-6,8-11,14H,1-4,7H2,(H2,21,25). The fourth-order valence-electron chi connectivity index (χ4n) is 3.75. The monoisotopic (exact) mass is 377 g/mol. The number of hydrogen-bond acceptors (Lipinski definition) is 7. The molecule has 0 saturated heterocycles. The highest BCUT2D eigenvalue weighted by atomic mass is 32.1. The maximum Gasteiger partial charge on any atom is 0.232 e. The van der Waals surface area contributed by atoms with E-state index in [0.29, 0.717) is 17.1 Å². The van der Waals surface area contributed by atoms with Crippen LogP contribution in [-0.4, -0.2) is 26.3 Å². The highest BCUT2D eigenvalue weighted by Crippen LogP contribution is 2.36. The fraction of sp³-hybridized carbons (Fsp3) is 0.300. The first-order chi connectivity index (χ1) is 13.3. The third kappa shape index (κ3) is 3.19. The van der Waals surface area contributed by atoms with E-state index in [0.717, 1.165) is 41.1 Å². The molecule has 0 amide bonds. The van der Waals surface area contributed by atoms with Gasteiger partial charge in [0.2, 0.25) is 11.0 Å². The van der Waals surface area contributed by atoms with E-state index in [1.54, 1.807) is 12.4 Å². The zero-order valence-corrected chi connectivity index (χ0v) is 15.6. The van der Waals surface area contributed by atoms with Crippen LogP contribution < -0.4 is 10.5 Å². The summed E-state index contributed by atoms with van der Waals surface area (Å²) in [4.78, 5) is 9.09. The van der Waals surface area contributed by atoms with Crippen LogP contribution in [0.25, 0.3) is 16.1 Å². The molecule has 0 unspecified atom stereocenters. The van der Waals surface area contributed by atoms with E-state index < -0.39 is 0 Å². The minimum absolute atomic E-state index is 0.290. The lowest BCUT2D eigenvalue weighted by molar-refractivity contribution is 0.200. The molecule has 136 valence electrons. The Bertz CT molecular complexity index is 1010. The second-order valence-corrected chi connectivity index (χ2v) is 7.91.